The first-order chi connectivity index (χ1) is 14.0. The van der Waals surface area contributed by atoms with Crippen LogP contribution in [0.4, 0.5) is 0 Å². The standard InChI is InChI=1S/C22H22N2O4S/c1-15-5-3-4-6-18(15)11-23-21(25)13-28-22(26)17-7-9-20(10-8-17)27-12-19-14-29-16(2)24-19/h3-10,14H,11-13H2,1-2H3,(H,23,25). The van der Waals surface area contributed by atoms with Crippen LogP contribution in [0.2, 0.25) is 0 Å². The molecule has 0 spiro atoms. The summed E-state index contributed by atoms with van der Waals surface area (Å²) in [5.74, 6) is -0.277. The van der Waals surface area contributed by atoms with E-state index < -0.39 is 5.97 Å². The molecule has 6 nitrogen and oxygen atoms in total. The van der Waals surface area contributed by atoms with Crippen LogP contribution in [0.15, 0.2) is 53.9 Å². The van der Waals surface area contributed by atoms with Crippen molar-refractivity contribution in [3.8, 4) is 5.75 Å². The maximum absolute atomic E-state index is 12.1. The highest BCUT2D eigenvalue weighted by molar-refractivity contribution is 7.09. The zero-order valence-electron chi connectivity index (χ0n) is 16.3. The van der Waals surface area contributed by atoms with Crippen LogP contribution in [0.3, 0.4) is 0 Å². The fraction of sp³-hybridized carbons (Fsp3) is 0.227. The maximum atomic E-state index is 12.1. The van der Waals surface area contributed by atoms with Crippen molar-refractivity contribution in [1.29, 1.82) is 0 Å². The second-order valence-corrected chi connectivity index (χ2v) is 7.51. The fourth-order valence-corrected chi connectivity index (χ4v) is 3.18. The van der Waals surface area contributed by atoms with E-state index in [1.165, 1.54) is 0 Å². The van der Waals surface area contributed by atoms with Gasteiger partial charge in [0.1, 0.15) is 12.4 Å². The van der Waals surface area contributed by atoms with Gasteiger partial charge in [-0.05, 0) is 49.2 Å². The highest BCUT2D eigenvalue weighted by Crippen LogP contribution is 2.16. The van der Waals surface area contributed by atoms with E-state index in [4.69, 9.17) is 9.47 Å². The molecule has 7 heteroatoms. The number of rotatable bonds is 8. The van der Waals surface area contributed by atoms with Crippen LogP contribution in [0, 0.1) is 13.8 Å². The average molecular weight is 410 g/mol. The van der Waals surface area contributed by atoms with E-state index in [0.29, 0.717) is 24.5 Å². The number of hydrogen-bond donors (Lipinski definition) is 1. The van der Waals surface area contributed by atoms with Gasteiger partial charge in [0.15, 0.2) is 6.61 Å². The summed E-state index contributed by atoms with van der Waals surface area (Å²) >= 11 is 1.57. The van der Waals surface area contributed by atoms with Crippen molar-refractivity contribution in [1.82, 2.24) is 10.3 Å². The van der Waals surface area contributed by atoms with Gasteiger partial charge in [0, 0.05) is 11.9 Å². The van der Waals surface area contributed by atoms with E-state index in [0.717, 1.165) is 21.8 Å². The van der Waals surface area contributed by atoms with Gasteiger partial charge in [0.2, 0.25) is 0 Å². The third-order valence-electron chi connectivity index (χ3n) is 4.21. The van der Waals surface area contributed by atoms with Crippen LogP contribution in [0.25, 0.3) is 0 Å². The maximum Gasteiger partial charge on any atom is 0.338 e. The lowest BCUT2D eigenvalue weighted by molar-refractivity contribution is -0.124. The van der Waals surface area contributed by atoms with Crippen molar-refractivity contribution in [3.63, 3.8) is 0 Å². The number of hydrogen-bond acceptors (Lipinski definition) is 6. The molecule has 0 saturated carbocycles. The molecule has 1 N–H and O–H groups in total. The molecule has 3 rings (SSSR count). The quantitative estimate of drug-likeness (QED) is 0.572. The number of amides is 1. The van der Waals surface area contributed by atoms with Crippen LogP contribution >= 0.6 is 11.3 Å². The minimum atomic E-state index is -0.558. The number of aryl methyl sites for hydroxylation is 2. The molecule has 1 heterocycles. The second-order valence-electron chi connectivity index (χ2n) is 6.45. The van der Waals surface area contributed by atoms with E-state index in [9.17, 15) is 9.59 Å². The molecule has 0 saturated heterocycles. The van der Waals surface area contributed by atoms with Gasteiger partial charge in [-0.2, -0.15) is 0 Å². The number of carbonyl (C=O) groups is 2. The molecule has 0 aliphatic carbocycles. The summed E-state index contributed by atoms with van der Waals surface area (Å²) in [6, 6.07) is 14.4. The molecule has 150 valence electrons. The Morgan fingerprint density at radius 1 is 1.07 bits per heavy atom. The summed E-state index contributed by atoms with van der Waals surface area (Å²) in [6.07, 6.45) is 0. The number of ether oxygens (including phenoxy) is 2. The summed E-state index contributed by atoms with van der Waals surface area (Å²) in [7, 11) is 0. The largest absolute Gasteiger partial charge is 0.487 e. The van der Waals surface area contributed by atoms with E-state index in [-0.39, 0.29) is 12.5 Å². The number of nitrogens with zero attached hydrogens (tertiary/aromatic N) is 1. The van der Waals surface area contributed by atoms with Crippen molar-refractivity contribution in [2.45, 2.75) is 27.0 Å². The Hall–Kier alpha value is -3.19. The molecule has 0 unspecified atom stereocenters. The van der Waals surface area contributed by atoms with Gasteiger partial charge in [0.25, 0.3) is 5.91 Å². The van der Waals surface area contributed by atoms with Crippen molar-refractivity contribution < 1.29 is 19.1 Å². The van der Waals surface area contributed by atoms with E-state index >= 15 is 0 Å². The summed E-state index contributed by atoms with van der Waals surface area (Å²) in [4.78, 5) is 28.4. The first-order valence-electron chi connectivity index (χ1n) is 9.13. The van der Waals surface area contributed by atoms with Gasteiger partial charge in [-0.3, -0.25) is 4.79 Å². The number of esters is 1. The number of aromatic nitrogens is 1. The summed E-state index contributed by atoms with van der Waals surface area (Å²) in [5.41, 5.74) is 3.34. The van der Waals surface area contributed by atoms with Crippen molar-refractivity contribution >= 4 is 23.2 Å². The Kier molecular flexibility index (Phi) is 6.97. The lowest BCUT2D eigenvalue weighted by Crippen LogP contribution is -2.28. The lowest BCUT2D eigenvalue weighted by atomic mass is 10.1. The predicted molar refractivity (Wildman–Crippen MR) is 111 cm³/mol. The van der Waals surface area contributed by atoms with E-state index in [1.807, 2.05) is 43.5 Å². The Bertz CT molecular complexity index is 982. The Morgan fingerprint density at radius 2 is 1.83 bits per heavy atom. The molecule has 0 radical (unpaired) electrons. The third-order valence-corrected chi connectivity index (χ3v) is 5.04. The first-order valence-corrected chi connectivity index (χ1v) is 10.0. The molecule has 0 atom stereocenters. The summed E-state index contributed by atoms with van der Waals surface area (Å²) in [6.45, 7) is 4.36. The van der Waals surface area contributed by atoms with Gasteiger partial charge in [-0.25, -0.2) is 9.78 Å². The fourth-order valence-electron chi connectivity index (χ4n) is 2.59. The van der Waals surface area contributed by atoms with Gasteiger partial charge in [-0.15, -0.1) is 11.3 Å². The van der Waals surface area contributed by atoms with Crippen LogP contribution < -0.4 is 10.1 Å². The van der Waals surface area contributed by atoms with E-state index in [2.05, 4.69) is 10.3 Å². The van der Waals surface area contributed by atoms with Crippen molar-refractivity contribution in [2.75, 3.05) is 6.61 Å². The van der Waals surface area contributed by atoms with Crippen LogP contribution in [0.1, 0.15) is 32.2 Å². The number of benzene rings is 2. The highest BCUT2D eigenvalue weighted by Gasteiger charge is 2.11. The van der Waals surface area contributed by atoms with Gasteiger partial charge >= 0.3 is 5.97 Å². The SMILES string of the molecule is Cc1nc(COc2ccc(C(=O)OCC(=O)NCc3ccccc3C)cc2)cs1. The zero-order valence-corrected chi connectivity index (χ0v) is 17.1. The minimum absolute atomic E-state index is 0.327. The highest BCUT2D eigenvalue weighted by atomic mass is 32.1. The van der Waals surface area contributed by atoms with Crippen molar-refractivity contribution in [2.24, 2.45) is 0 Å². The van der Waals surface area contributed by atoms with Crippen LogP contribution in [-0.4, -0.2) is 23.5 Å². The molecular formula is C22H22N2O4S. The molecule has 0 bridgehead atoms. The number of carbonyl (C=O) groups excluding carboxylic acids is 2. The predicted octanol–water partition coefficient (Wildman–Crippen LogP) is 3.81. The Labute approximate surface area is 173 Å². The lowest BCUT2D eigenvalue weighted by Gasteiger charge is -2.09. The number of thiazole rings is 1. The molecule has 0 fully saturated rings. The Balaban J connectivity index is 1.42. The smallest absolute Gasteiger partial charge is 0.338 e. The van der Waals surface area contributed by atoms with E-state index in [1.54, 1.807) is 35.6 Å². The normalized spacial score (nSPS) is 10.4. The third kappa shape index (κ3) is 6.15. The molecule has 3 aromatic rings. The molecule has 2 aromatic carbocycles. The van der Waals surface area contributed by atoms with Gasteiger partial charge in [0.05, 0.1) is 16.3 Å². The molecule has 0 aliphatic rings. The molecule has 0 aliphatic heterocycles. The molecular weight excluding hydrogens is 388 g/mol. The molecule has 1 aromatic heterocycles. The summed E-state index contributed by atoms with van der Waals surface area (Å²) < 4.78 is 10.7. The zero-order chi connectivity index (χ0) is 20.6. The van der Waals surface area contributed by atoms with Crippen molar-refractivity contribution in [3.05, 3.63) is 81.3 Å². The van der Waals surface area contributed by atoms with Gasteiger partial charge < -0.3 is 14.8 Å². The topological polar surface area (TPSA) is 77.5 Å². The van der Waals surface area contributed by atoms with Crippen LogP contribution in [-0.2, 0) is 22.7 Å². The summed E-state index contributed by atoms with van der Waals surface area (Å²) in [5, 5.41) is 5.69. The first kappa shape index (κ1) is 20.5. The average Bonchev–Trinajstić information content (AvgIpc) is 3.15. The Morgan fingerprint density at radius 3 is 2.52 bits per heavy atom. The monoisotopic (exact) mass is 410 g/mol. The molecule has 29 heavy (non-hydrogen) atoms. The van der Waals surface area contributed by atoms with Crippen LogP contribution in [0.5, 0.6) is 5.75 Å². The van der Waals surface area contributed by atoms with Gasteiger partial charge in [-0.1, -0.05) is 24.3 Å². The molecule has 1 amide bonds. The number of nitrogens with one attached hydrogen (secondary N) is 1. The second kappa shape index (κ2) is 9.84. The minimum Gasteiger partial charge on any atom is -0.487 e.